The summed E-state index contributed by atoms with van der Waals surface area (Å²) in [5.41, 5.74) is 0.379. The van der Waals surface area contributed by atoms with Crippen molar-refractivity contribution in [1.82, 2.24) is 10.2 Å². The Hall–Kier alpha value is -2.38. The molecule has 5 rings (SSSR count). The number of likely N-dealkylation sites (tertiary alicyclic amines) is 1. The fraction of sp³-hybridized carbons (Fsp3) is 0.577. The van der Waals surface area contributed by atoms with Crippen LogP contribution in [-0.4, -0.2) is 53.0 Å². The molecule has 3 heterocycles. The number of nitrogens with zero attached hydrogens (tertiary/aromatic N) is 1. The van der Waals surface area contributed by atoms with E-state index in [1.165, 1.54) is 6.42 Å². The lowest BCUT2D eigenvalue weighted by Crippen LogP contribution is -2.56. The summed E-state index contributed by atoms with van der Waals surface area (Å²) >= 11 is 6.23. The van der Waals surface area contributed by atoms with Crippen molar-refractivity contribution in [2.75, 3.05) is 11.9 Å². The van der Waals surface area contributed by atoms with Gasteiger partial charge >= 0.3 is 0 Å². The van der Waals surface area contributed by atoms with Crippen LogP contribution in [0.25, 0.3) is 0 Å². The van der Waals surface area contributed by atoms with E-state index in [2.05, 4.69) is 10.6 Å². The lowest BCUT2D eigenvalue weighted by Gasteiger charge is -2.34. The molecule has 3 amide bonds. The molecule has 2 bridgehead atoms. The zero-order valence-corrected chi connectivity index (χ0v) is 20.4. The Kier molecular flexibility index (Phi) is 6.19. The molecule has 1 saturated carbocycles. The topological polar surface area (TPSA) is 87.7 Å². The van der Waals surface area contributed by atoms with Crippen molar-refractivity contribution in [3.8, 4) is 0 Å². The summed E-state index contributed by atoms with van der Waals surface area (Å²) in [6.07, 6.45) is 9.19. The second kappa shape index (κ2) is 9.00. The van der Waals surface area contributed by atoms with Crippen molar-refractivity contribution >= 4 is 35.0 Å². The number of halogens is 1. The Morgan fingerprint density at radius 2 is 1.97 bits per heavy atom. The van der Waals surface area contributed by atoms with Gasteiger partial charge in [-0.15, -0.1) is 0 Å². The molecule has 182 valence electrons. The average molecular weight is 486 g/mol. The molecule has 0 aromatic heterocycles. The number of carbonyl (C=O) groups is 3. The van der Waals surface area contributed by atoms with E-state index in [-0.39, 0.29) is 23.8 Å². The zero-order valence-electron chi connectivity index (χ0n) is 19.7. The minimum Gasteiger partial charge on any atom is -0.359 e. The summed E-state index contributed by atoms with van der Waals surface area (Å²) in [6.45, 7) is 4.32. The van der Waals surface area contributed by atoms with Gasteiger partial charge in [-0.05, 0) is 43.9 Å². The number of fused-ring (bicyclic) bond motifs is 1. The minimum atomic E-state index is -1.11. The Labute approximate surface area is 205 Å². The SMILES string of the molecule is CCCN1C(=O)[C@H]2[C@@H](C(=O)Nc3ccc(C)c(Cl)c3)[C@H]3C=C[C@@]2(O3)[C@H]1C(=O)NC1CCCCC1. The van der Waals surface area contributed by atoms with Gasteiger partial charge in [0.05, 0.1) is 17.9 Å². The van der Waals surface area contributed by atoms with Crippen molar-refractivity contribution in [3.63, 3.8) is 0 Å². The Bertz CT molecular complexity index is 1040. The Balaban J connectivity index is 1.42. The quantitative estimate of drug-likeness (QED) is 0.603. The highest BCUT2D eigenvalue weighted by Gasteiger charge is 2.72. The third kappa shape index (κ3) is 3.73. The molecule has 1 spiro atoms. The van der Waals surface area contributed by atoms with Crippen LogP contribution in [0.15, 0.2) is 30.4 Å². The number of nitrogens with one attached hydrogen (secondary N) is 2. The molecule has 2 saturated heterocycles. The first kappa shape index (κ1) is 23.4. The smallest absolute Gasteiger partial charge is 0.246 e. The van der Waals surface area contributed by atoms with Crippen LogP contribution < -0.4 is 10.6 Å². The maximum Gasteiger partial charge on any atom is 0.246 e. The second-order valence-electron chi connectivity index (χ2n) is 10.0. The van der Waals surface area contributed by atoms with Crippen molar-refractivity contribution in [1.29, 1.82) is 0 Å². The van der Waals surface area contributed by atoms with Crippen LogP contribution in [0.2, 0.25) is 5.02 Å². The molecule has 3 aliphatic heterocycles. The summed E-state index contributed by atoms with van der Waals surface area (Å²) in [5, 5.41) is 6.67. The van der Waals surface area contributed by atoms with Crippen LogP contribution in [0, 0.1) is 18.8 Å². The highest BCUT2D eigenvalue weighted by molar-refractivity contribution is 6.31. The molecule has 1 aliphatic carbocycles. The van der Waals surface area contributed by atoms with Crippen molar-refractivity contribution in [3.05, 3.63) is 40.9 Å². The fourth-order valence-electron chi connectivity index (χ4n) is 6.17. The first-order valence-electron chi connectivity index (χ1n) is 12.4. The lowest BCUT2D eigenvalue weighted by molar-refractivity contribution is -0.141. The molecule has 2 N–H and O–H groups in total. The zero-order chi connectivity index (χ0) is 24.0. The number of anilines is 1. The largest absolute Gasteiger partial charge is 0.359 e. The van der Waals surface area contributed by atoms with Crippen molar-refractivity contribution in [2.24, 2.45) is 11.8 Å². The molecule has 8 heteroatoms. The van der Waals surface area contributed by atoms with E-state index in [1.807, 2.05) is 32.1 Å². The number of benzene rings is 1. The molecule has 0 unspecified atom stereocenters. The number of aryl methyl sites for hydroxylation is 1. The van der Waals surface area contributed by atoms with E-state index in [0.29, 0.717) is 23.7 Å². The third-order valence-corrected chi connectivity index (χ3v) is 8.19. The molecular weight excluding hydrogens is 454 g/mol. The van der Waals surface area contributed by atoms with Gasteiger partial charge in [-0.3, -0.25) is 14.4 Å². The lowest BCUT2D eigenvalue weighted by atomic mass is 9.74. The molecule has 1 aromatic rings. The standard InChI is InChI=1S/C26H32ClN3O4/c1-3-13-30-22(24(32)28-16-7-5-4-6-8-16)26-12-11-19(34-26)20(21(26)25(30)33)23(31)29-17-10-9-15(2)18(27)14-17/h9-12,14,16,19-22H,3-8,13H2,1-2H3,(H,28,32)(H,29,31)/t19-,20+,21-,22-,26+/m1/s1. The van der Waals surface area contributed by atoms with Crippen LogP contribution in [0.4, 0.5) is 5.69 Å². The fourth-order valence-corrected chi connectivity index (χ4v) is 6.35. The highest BCUT2D eigenvalue weighted by Crippen LogP contribution is 2.55. The maximum atomic E-state index is 13.7. The van der Waals surface area contributed by atoms with E-state index in [4.69, 9.17) is 16.3 Å². The number of ether oxygens (including phenoxy) is 1. The van der Waals surface area contributed by atoms with Gasteiger partial charge in [-0.1, -0.05) is 56.0 Å². The summed E-state index contributed by atoms with van der Waals surface area (Å²) in [6, 6.07) is 4.70. The summed E-state index contributed by atoms with van der Waals surface area (Å²) in [5.74, 6) is -2.08. The molecular formula is C26H32ClN3O4. The van der Waals surface area contributed by atoms with E-state index in [1.54, 1.807) is 17.0 Å². The minimum absolute atomic E-state index is 0.128. The first-order valence-corrected chi connectivity index (χ1v) is 12.8. The molecule has 3 fully saturated rings. The number of hydrogen-bond donors (Lipinski definition) is 2. The molecule has 34 heavy (non-hydrogen) atoms. The molecule has 7 nitrogen and oxygen atoms in total. The monoisotopic (exact) mass is 485 g/mol. The van der Waals surface area contributed by atoms with Gasteiger partial charge < -0.3 is 20.3 Å². The summed E-state index contributed by atoms with van der Waals surface area (Å²) in [4.78, 5) is 42.3. The van der Waals surface area contributed by atoms with Crippen LogP contribution in [-0.2, 0) is 19.1 Å². The van der Waals surface area contributed by atoms with Gasteiger partial charge in [0.15, 0.2) is 0 Å². The predicted molar refractivity (Wildman–Crippen MR) is 129 cm³/mol. The Morgan fingerprint density at radius 3 is 2.68 bits per heavy atom. The molecule has 5 atom stereocenters. The molecule has 4 aliphatic rings. The van der Waals surface area contributed by atoms with Crippen LogP contribution in [0.1, 0.15) is 51.0 Å². The second-order valence-corrected chi connectivity index (χ2v) is 10.4. The molecule has 1 aromatic carbocycles. The van der Waals surface area contributed by atoms with Crippen molar-refractivity contribution < 1.29 is 19.1 Å². The van der Waals surface area contributed by atoms with Crippen LogP contribution in [0.5, 0.6) is 0 Å². The van der Waals surface area contributed by atoms with Gasteiger partial charge in [0.2, 0.25) is 17.7 Å². The van der Waals surface area contributed by atoms with Crippen LogP contribution in [0.3, 0.4) is 0 Å². The first-order chi connectivity index (χ1) is 16.4. The normalized spacial score (nSPS) is 32.2. The van der Waals surface area contributed by atoms with Crippen LogP contribution >= 0.6 is 11.6 Å². The van der Waals surface area contributed by atoms with Gasteiger partial charge in [0.25, 0.3) is 0 Å². The van der Waals surface area contributed by atoms with E-state index in [0.717, 1.165) is 31.2 Å². The summed E-state index contributed by atoms with van der Waals surface area (Å²) in [7, 11) is 0. The summed E-state index contributed by atoms with van der Waals surface area (Å²) < 4.78 is 6.35. The predicted octanol–water partition coefficient (Wildman–Crippen LogP) is 3.60. The maximum absolute atomic E-state index is 13.7. The Morgan fingerprint density at radius 1 is 1.21 bits per heavy atom. The van der Waals surface area contributed by atoms with Gasteiger partial charge in [-0.25, -0.2) is 0 Å². The van der Waals surface area contributed by atoms with Gasteiger partial charge in [0.1, 0.15) is 11.6 Å². The highest BCUT2D eigenvalue weighted by atomic mass is 35.5. The van der Waals surface area contributed by atoms with Crippen molar-refractivity contribution in [2.45, 2.75) is 76.2 Å². The number of rotatable bonds is 6. The van der Waals surface area contributed by atoms with E-state index in [9.17, 15) is 14.4 Å². The average Bonchev–Trinajstić information content (AvgIpc) is 3.45. The number of carbonyl (C=O) groups excluding carboxylic acids is 3. The van der Waals surface area contributed by atoms with Gasteiger partial charge in [0, 0.05) is 23.3 Å². The van der Waals surface area contributed by atoms with E-state index >= 15 is 0 Å². The number of amides is 3. The van der Waals surface area contributed by atoms with Gasteiger partial charge in [-0.2, -0.15) is 0 Å². The third-order valence-electron chi connectivity index (χ3n) is 7.78. The van der Waals surface area contributed by atoms with E-state index < -0.39 is 29.6 Å². The number of hydrogen-bond acceptors (Lipinski definition) is 4. The molecule has 0 radical (unpaired) electrons.